The maximum Gasteiger partial charge on any atom is 0.333 e. The Labute approximate surface area is 520 Å². The Hall–Kier alpha value is -10.6. The SMILES string of the molecule is COc1cc(N=C(C#N)C#N)sc1-c1cc2c(s1)C1=CC3C=C4C(=CC3C=C1C2(C(=O)OCc1ccccc1)C(=O)OCc1ccccc1)c1sc(-c2sc(N=C(C#N)C#N)cc2OC)cc1C4(C(=O)OCc1ccccc1)C(=O)OCc1ccccc1. The third-order valence-electron chi connectivity index (χ3n) is 15.2. The number of allylic oxidation sites excluding steroid dienone is 6. The first-order valence-corrected chi connectivity index (χ1v) is 30.4. The van der Waals surface area contributed by atoms with Crippen LogP contribution in [0.15, 0.2) is 191 Å². The smallest absolute Gasteiger partial charge is 0.333 e. The van der Waals surface area contributed by atoms with Crippen LogP contribution in [0.1, 0.15) is 43.1 Å². The highest BCUT2D eigenvalue weighted by molar-refractivity contribution is 7.25. The van der Waals surface area contributed by atoms with E-state index in [9.17, 15) is 21.0 Å². The number of nitrogens with zero attached hydrogens (tertiary/aromatic N) is 6. The van der Waals surface area contributed by atoms with Gasteiger partial charge in [0.25, 0.3) is 0 Å². The Morgan fingerprint density at radius 3 is 1.02 bits per heavy atom. The van der Waals surface area contributed by atoms with Gasteiger partial charge >= 0.3 is 23.9 Å². The van der Waals surface area contributed by atoms with E-state index >= 15 is 19.2 Å². The highest BCUT2D eigenvalue weighted by atomic mass is 32.1. The van der Waals surface area contributed by atoms with Crippen molar-refractivity contribution >= 4 is 102 Å². The summed E-state index contributed by atoms with van der Waals surface area (Å²) in [6.07, 6.45) is 7.61. The van der Waals surface area contributed by atoms with Crippen molar-refractivity contribution in [1.29, 1.82) is 21.0 Å². The maximum absolute atomic E-state index is 15.8. The lowest BCUT2D eigenvalue weighted by molar-refractivity contribution is -0.166. The fourth-order valence-corrected chi connectivity index (χ4v) is 15.9. The molecule has 4 aromatic heterocycles. The first-order chi connectivity index (χ1) is 42.9. The fourth-order valence-electron chi connectivity index (χ4n) is 11.2. The number of carbonyl (C=O) groups is 4. The van der Waals surface area contributed by atoms with E-state index in [0.717, 1.165) is 22.7 Å². The third kappa shape index (κ3) is 10.3. The van der Waals surface area contributed by atoms with Gasteiger partial charge in [-0.3, -0.25) is 19.2 Å². The summed E-state index contributed by atoms with van der Waals surface area (Å²) in [7, 11) is 2.94. The number of ether oxygens (including phenoxy) is 6. The lowest BCUT2D eigenvalue weighted by Crippen LogP contribution is -2.47. The number of methoxy groups -OCH3 is 2. The number of hydrogen-bond donors (Lipinski definition) is 0. The molecule has 4 aromatic carbocycles. The number of carbonyl (C=O) groups excluding carboxylic acids is 4. The molecule has 0 aliphatic heterocycles. The van der Waals surface area contributed by atoms with Crippen molar-refractivity contribution in [3.63, 3.8) is 0 Å². The topological polar surface area (TPSA) is 244 Å². The largest absolute Gasteiger partial charge is 0.495 e. The molecule has 0 radical (unpaired) electrons. The molecule has 430 valence electrons. The monoisotopic (exact) mass is 1230 g/mol. The molecule has 4 aliphatic carbocycles. The van der Waals surface area contributed by atoms with Crippen molar-refractivity contribution in [3.8, 4) is 55.3 Å². The molecule has 0 saturated carbocycles. The van der Waals surface area contributed by atoms with Gasteiger partial charge in [-0.25, -0.2) is 9.98 Å². The van der Waals surface area contributed by atoms with Crippen LogP contribution in [0.4, 0.5) is 10.0 Å². The number of esters is 4. The van der Waals surface area contributed by atoms with Crippen LogP contribution in [0.3, 0.4) is 0 Å². The molecular weight excluding hydrogens is 1190 g/mol. The predicted octanol–water partition coefficient (Wildman–Crippen LogP) is 13.6. The summed E-state index contributed by atoms with van der Waals surface area (Å²) in [5.74, 6) is -4.19. The van der Waals surface area contributed by atoms with Gasteiger partial charge in [-0.05, 0) is 56.7 Å². The van der Waals surface area contributed by atoms with E-state index in [1.165, 1.54) is 36.9 Å². The Kier molecular flexibility index (Phi) is 16.0. The minimum atomic E-state index is -2.25. The van der Waals surface area contributed by atoms with E-state index in [2.05, 4.69) is 9.98 Å². The van der Waals surface area contributed by atoms with E-state index in [4.69, 9.17) is 28.4 Å². The Balaban J connectivity index is 1.07. The summed E-state index contributed by atoms with van der Waals surface area (Å²) in [4.78, 5) is 74.8. The van der Waals surface area contributed by atoms with Gasteiger partial charge in [0.2, 0.25) is 22.3 Å². The van der Waals surface area contributed by atoms with Crippen molar-refractivity contribution in [3.05, 3.63) is 224 Å². The van der Waals surface area contributed by atoms with Crippen molar-refractivity contribution < 1.29 is 47.6 Å². The van der Waals surface area contributed by atoms with Gasteiger partial charge in [0.05, 0.1) is 24.0 Å². The van der Waals surface area contributed by atoms with Crippen LogP contribution in [-0.4, -0.2) is 49.5 Å². The van der Waals surface area contributed by atoms with Crippen molar-refractivity contribution in [2.75, 3.05) is 14.2 Å². The summed E-state index contributed by atoms with van der Waals surface area (Å²) < 4.78 is 36.8. The van der Waals surface area contributed by atoms with E-state index in [0.29, 0.717) is 95.3 Å². The second-order valence-electron chi connectivity index (χ2n) is 20.3. The van der Waals surface area contributed by atoms with Crippen molar-refractivity contribution in [2.45, 2.75) is 37.3 Å². The number of hydrogen-bond acceptors (Lipinski definition) is 20. The number of benzene rings is 4. The third-order valence-corrected chi connectivity index (χ3v) is 19.9. The van der Waals surface area contributed by atoms with Gasteiger partial charge in [0.15, 0.2) is 0 Å². The van der Waals surface area contributed by atoms with Crippen LogP contribution < -0.4 is 9.47 Å². The molecule has 0 saturated heterocycles. The average molecular weight is 1230 g/mol. The molecule has 0 amide bonds. The first kappa shape index (κ1) is 57.8. The lowest BCUT2D eigenvalue weighted by atomic mass is 9.68. The summed E-state index contributed by atoms with van der Waals surface area (Å²) in [5, 5.41) is 39.0. The van der Waals surface area contributed by atoms with Crippen LogP contribution in [0.5, 0.6) is 11.5 Å². The Bertz CT molecular complexity index is 4090. The second kappa shape index (κ2) is 24.4. The van der Waals surface area contributed by atoms with Gasteiger partial charge in [0, 0.05) is 54.6 Å². The van der Waals surface area contributed by atoms with E-state index in [1.54, 1.807) is 97.1 Å². The highest BCUT2D eigenvalue weighted by Crippen LogP contribution is 2.64. The summed E-state index contributed by atoms with van der Waals surface area (Å²) >= 11 is 4.84. The number of thiophene rings is 4. The van der Waals surface area contributed by atoms with Gasteiger partial charge in [-0.2, -0.15) is 21.0 Å². The number of aliphatic imine (C=N–C) groups is 2. The first-order valence-electron chi connectivity index (χ1n) is 27.1. The molecular formula is C68H44N6O10S4. The molecule has 2 unspecified atom stereocenters. The van der Waals surface area contributed by atoms with Crippen LogP contribution in [0, 0.1) is 57.2 Å². The molecule has 8 aromatic rings. The van der Waals surface area contributed by atoms with Gasteiger partial charge in [-0.1, -0.05) is 146 Å². The molecule has 20 heteroatoms. The fraction of sp³-hybridized carbons (Fsp3) is 0.147. The molecule has 88 heavy (non-hydrogen) atoms. The summed E-state index contributed by atoms with van der Waals surface area (Å²) in [5.41, 5.74) is -0.422. The number of rotatable bonds is 18. The molecule has 4 aliphatic rings. The molecule has 12 rings (SSSR count). The summed E-state index contributed by atoms with van der Waals surface area (Å²) in [6.45, 7) is -0.772. The minimum absolute atomic E-state index is 0.193. The predicted molar refractivity (Wildman–Crippen MR) is 332 cm³/mol. The average Bonchev–Trinajstić information content (AvgIpc) is 1.53. The standard InChI is InChI=1S/C68H44N6O10S4/c1-79-53-29-57(73-45(31-69)32-70)87-61(53)55-27-51-59(85-55)47-23-43-26-50-48(24-44(43)25-49(47)67(51,63(75)81-35-39-15-7-3-8-16-39)64(76)82-36-40-17-9-4-10-18-40)60-52(28-56(86-60)62-54(80-2)30-58(88-62)74-46(33-71)34-72)68(50,65(77)83-37-41-19-11-5-12-20-41)66(78)84-38-42-21-13-6-14-22-42/h3-30,43-44H,35-38H2,1-2H3. The van der Waals surface area contributed by atoms with Crippen LogP contribution in [0.2, 0.25) is 0 Å². The van der Waals surface area contributed by atoms with Crippen LogP contribution >= 0.6 is 45.3 Å². The quantitative estimate of drug-likeness (QED) is 0.0336. The molecule has 0 fully saturated rings. The highest BCUT2D eigenvalue weighted by Gasteiger charge is 2.64. The Morgan fingerprint density at radius 2 is 0.739 bits per heavy atom. The zero-order chi connectivity index (χ0) is 61.1. The zero-order valence-electron chi connectivity index (χ0n) is 46.5. The molecule has 4 heterocycles. The number of nitriles is 4. The van der Waals surface area contributed by atoms with Crippen LogP contribution in [0.25, 0.3) is 30.7 Å². The van der Waals surface area contributed by atoms with Gasteiger partial charge in [-0.15, -0.1) is 45.3 Å². The zero-order valence-corrected chi connectivity index (χ0v) is 49.8. The van der Waals surface area contributed by atoms with Crippen LogP contribution in [-0.2, 0) is 75.4 Å². The number of fused-ring (bicyclic) bond motifs is 7. The minimum Gasteiger partial charge on any atom is -0.495 e. The normalized spacial score (nSPS) is 15.7. The maximum atomic E-state index is 15.8. The lowest BCUT2D eigenvalue weighted by Gasteiger charge is -2.35. The van der Waals surface area contributed by atoms with Crippen molar-refractivity contribution in [1.82, 2.24) is 0 Å². The van der Waals surface area contributed by atoms with Gasteiger partial charge < -0.3 is 28.4 Å². The molecule has 0 bridgehead atoms. The van der Waals surface area contributed by atoms with Gasteiger partial charge in [0.1, 0.15) is 72.2 Å². The van der Waals surface area contributed by atoms with E-state index in [-0.39, 0.29) is 49.0 Å². The second-order valence-corrected chi connectivity index (χ2v) is 24.4. The molecule has 0 spiro atoms. The molecule has 2 atom stereocenters. The molecule has 16 nitrogen and oxygen atoms in total. The molecule has 0 N–H and O–H groups in total. The summed E-state index contributed by atoms with van der Waals surface area (Å²) in [6, 6.07) is 50.2. The van der Waals surface area contributed by atoms with E-state index < -0.39 is 46.5 Å². The van der Waals surface area contributed by atoms with E-state index in [1.807, 2.05) is 97.1 Å². The van der Waals surface area contributed by atoms with Crippen molar-refractivity contribution in [2.24, 2.45) is 21.8 Å². The Morgan fingerprint density at radius 1 is 0.432 bits per heavy atom.